The Hall–Kier alpha value is -3.63. The highest BCUT2D eigenvalue weighted by Crippen LogP contribution is 2.19. The van der Waals surface area contributed by atoms with E-state index in [0.29, 0.717) is 29.7 Å². The Morgan fingerprint density at radius 3 is 2.60 bits per heavy atom. The van der Waals surface area contributed by atoms with Gasteiger partial charge in [-0.3, -0.25) is 14.2 Å². The van der Waals surface area contributed by atoms with E-state index in [0.717, 1.165) is 27.7 Å². The van der Waals surface area contributed by atoms with Crippen molar-refractivity contribution in [2.45, 2.75) is 32.0 Å². The molecule has 1 unspecified atom stereocenters. The maximum atomic E-state index is 14.7. The van der Waals surface area contributed by atoms with Crippen LogP contribution in [-0.4, -0.2) is 37.2 Å². The SMILES string of the molecule is O=C(Cn1cnc2c1c(=O)n(CC1CCCO1)c(=O)n2-c1ccc(F)cc1F)c1ccc(Cl)cc1. The molecule has 1 aliphatic rings. The van der Waals surface area contributed by atoms with Gasteiger partial charge in [0.05, 0.1) is 31.2 Å². The lowest BCUT2D eigenvalue weighted by Crippen LogP contribution is -2.42. The van der Waals surface area contributed by atoms with Crippen LogP contribution < -0.4 is 11.2 Å². The summed E-state index contributed by atoms with van der Waals surface area (Å²) in [6.07, 6.45) is 2.32. The van der Waals surface area contributed by atoms with Crippen molar-refractivity contribution in [1.29, 1.82) is 0 Å². The fraction of sp³-hybridized carbons (Fsp3) is 0.250. The zero-order valence-electron chi connectivity index (χ0n) is 18.3. The second-order valence-electron chi connectivity index (χ2n) is 8.24. The highest BCUT2D eigenvalue weighted by molar-refractivity contribution is 6.30. The number of hydrogen-bond acceptors (Lipinski definition) is 5. The third-order valence-corrected chi connectivity index (χ3v) is 6.19. The van der Waals surface area contributed by atoms with Crippen LogP contribution in [0.25, 0.3) is 16.9 Å². The lowest BCUT2D eigenvalue weighted by molar-refractivity contribution is 0.0947. The van der Waals surface area contributed by atoms with Gasteiger partial charge in [0.1, 0.15) is 11.6 Å². The highest BCUT2D eigenvalue weighted by Gasteiger charge is 2.25. The van der Waals surface area contributed by atoms with Crippen LogP contribution in [0.1, 0.15) is 23.2 Å². The molecule has 2 aromatic heterocycles. The Morgan fingerprint density at radius 1 is 1.14 bits per heavy atom. The average Bonchev–Trinajstić information content (AvgIpc) is 3.49. The first-order valence-electron chi connectivity index (χ1n) is 10.9. The van der Waals surface area contributed by atoms with Gasteiger partial charge in [0.2, 0.25) is 0 Å². The number of carbonyl (C=O) groups is 1. The second kappa shape index (κ2) is 9.20. The van der Waals surface area contributed by atoms with Crippen LogP contribution in [0.4, 0.5) is 8.78 Å². The van der Waals surface area contributed by atoms with Crippen LogP contribution in [0.5, 0.6) is 0 Å². The van der Waals surface area contributed by atoms with E-state index < -0.39 is 22.9 Å². The Morgan fingerprint density at radius 2 is 1.91 bits per heavy atom. The molecule has 11 heteroatoms. The summed E-state index contributed by atoms with van der Waals surface area (Å²) in [6, 6.07) is 9.02. The van der Waals surface area contributed by atoms with Crippen molar-refractivity contribution in [3.63, 3.8) is 0 Å². The van der Waals surface area contributed by atoms with Crippen molar-refractivity contribution in [1.82, 2.24) is 18.7 Å². The van der Waals surface area contributed by atoms with Gasteiger partial charge in [-0.2, -0.15) is 0 Å². The quantitative estimate of drug-likeness (QED) is 0.379. The van der Waals surface area contributed by atoms with E-state index in [1.807, 2.05) is 0 Å². The number of fused-ring (bicyclic) bond motifs is 1. The number of rotatable bonds is 6. The Bertz CT molecular complexity index is 1550. The molecule has 1 saturated heterocycles. The summed E-state index contributed by atoms with van der Waals surface area (Å²) in [4.78, 5) is 43.9. The molecule has 3 heterocycles. The van der Waals surface area contributed by atoms with Crippen molar-refractivity contribution in [3.8, 4) is 5.69 Å². The first-order chi connectivity index (χ1) is 16.8. The van der Waals surface area contributed by atoms with E-state index in [1.54, 1.807) is 24.3 Å². The van der Waals surface area contributed by atoms with Gasteiger partial charge in [-0.25, -0.2) is 23.1 Å². The number of carbonyl (C=O) groups excluding carboxylic acids is 1. The molecule has 8 nitrogen and oxygen atoms in total. The molecule has 0 radical (unpaired) electrons. The Balaban J connectivity index is 1.69. The van der Waals surface area contributed by atoms with Gasteiger partial charge < -0.3 is 9.30 Å². The summed E-state index contributed by atoms with van der Waals surface area (Å²) >= 11 is 5.89. The van der Waals surface area contributed by atoms with Crippen LogP contribution in [-0.2, 0) is 17.8 Å². The molecule has 0 spiro atoms. The highest BCUT2D eigenvalue weighted by atomic mass is 35.5. The van der Waals surface area contributed by atoms with Crippen molar-refractivity contribution in [3.05, 3.63) is 91.9 Å². The largest absolute Gasteiger partial charge is 0.376 e. The molecule has 0 saturated carbocycles. The van der Waals surface area contributed by atoms with Gasteiger partial charge in [-0.05, 0) is 49.2 Å². The number of nitrogens with zero attached hydrogens (tertiary/aromatic N) is 4. The van der Waals surface area contributed by atoms with E-state index in [2.05, 4.69) is 4.98 Å². The number of hydrogen-bond donors (Lipinski definition) is 0. The summed E-state index contributed by atoms with van der Waals surface area (Å²) < 4.78 is 37.1. The number of Topliss-reactive ketones (excluding diaryl/α,β-unsaturated/α-hetero) is 1. The molecule has 1 atom stereocenters. The van der Waals surface area contributed by atoms with Crippen LogP contribution >= 0.6 is 11.6 Å². The minimum atomic E-state index is -0.998. The summed E-state index contributed by atoms with van der Waals surface area (Å²) in [6.45, 7) is 0.208. The van der Waals surface area contributed by atoms with Gasteiger partial charge in [0.15, 0.2) is 16.9 Å². The molecule has 4 aromatic rings. The standard InChI is InChI=1S/C24H19ClF2N4O4/c25-15-5-3-14(4-6-15)20(32)12-29-13-28-22-21(29)23(33)30(11-17-2-1-9-35-17)24(34)31(22)19-8-7-16(26)10-18(19)27/h3-8,10,13,17H,1-2,9,11-12H2. The van der Waals surface area contributed by atoms with E-state index in [4.69, 9.17) is 16.3 Å². The van der Waals surface area contributed by atoms with Gasteiger partial charge in [0.25, 0.3) is 5.56 Å². The lowest BCUT2D eigenvalue weighted by Gasteiger charge is -2.15. The zero-order valence-corrected chi connectivity index (χ0v) is 19.0. The molecule has 1 aliphatic heterocycles. The van der Waals surface area contributed by atoms with Gasteiger partial charge in [-0.15, -0.1) is 0 Å². The molecular formula is C24H19ClF2N4O4. The normalized spacial score (nSPS) is 15.7. The monoisotopic (exact) mass is 500 g/mol. The van der Waals surface area contributed by atoms with Crippen molar-refractivity contribution in [2.24, 2.45) is 0 Å². The van der Waals surface area contributed by atoms with Crippen LogP contribution in [0.3, 0.4) is 0 Å². The van der Waals surface area contributed by atoms with E-state index in [1.165, 1.54) is 10.9 Å². The minimum Gasteiger partial charge on any atom is -0.376 e. The first-order valence-corrected chi connectivity index (χ1v) is 11.3. The van der Waals surface area contributed by atoms with Gasteiger partial charge in [-0.1, -0.05) is 11.6 Å². The minimum absolute atomic E-state index is 0.0489. The topological polar surface area (TPSA) is 88.1 Å². The average molecular weight is 501 g/mol. The Labute approximate surface area is 202 Å². The van der Waals surface area contributed by atoms with E-state index >= 15 is 0 Å². The van der Waals surface area contributed by atoms with Crippen LogP contribution in [0.15, 0.2) is 58.4 Å². The summed E-state index contributed by atoms with van der Waals surface area (Å²) in [5.74, 6) is -2.14. The lowest BCUT2D eigenvalue weighted by atomic mass is 10.1. The molecule has 2 aromatic carbocycles. The summed E-state index contributed by atoms with van der Waals surface area (Å²) in [5, 5.41) is 0.469. The van der Waals surface area contributed by atoms with E-state index in [-0.39, 0.29) is 41.8 Å². The molecule has 5 rings (SSSR count). The fourth-order valence-corrected chi connectivity index (χ4v) is 4.34. The predicted octanol–water partition coefficient (Wildman–Crippen LogP) is 3.34. The molecule has 0 bridgehead atoms. The smallest absolute Gasteiger partial charge is 0.337 e. The van der Waals surface area contributed by atoms with Gasteiger partial charge in [0, 0.05) is 23.3 Å². The third-order valence-electron chi connectivity index (χ3n) is 5.94. The molecule has 0 aliphatic carbocycles. The summed E-state index contributed by atoms with van der Waals surface area (Å²) in [5.41, 5.74) is -1.62. The van der Waals surface area contributed by atoms with Gasteiger partial charge >= 0.3 is 5.69 Å². The number of ketones is 1. The molecule has 35 heavy (non-hydrogen) atoms. The maximum absolute atomic E-state index is 14.7. The van der Waals surface area contributed by atoms with Crippen molar-refractivity contribution in [2.75, 3.05) is 6.61 Å². The zero-order chi connectivity index (χ0) is 24.7. The molecule has 0 N–H and O–H groups in total. The first kappa shape index (κ1) is 23.1. The third kappa shape index (κ3) is 4.30. The van der Waals surface area contributed by atoms with Crippen molar-refractivity contribution >= 4 is 28.5 Å². The molecule has 0 amide bonds. The number of benzene rings is 2. The Kier molecular flexibility index (Phi) is 6.08. The number of halogens is 3. The molecule has 180 valence electrons. The fourth-order valence-electron chi connectivity index (χ4n) is 4.21. The maximum Gasteiger partial charge on any atom is 0.337 e. The number of ether oxygens (including phenoxy) is 1. The number of imidazole rings is 1. The molecule has 1 fully saturated rings. The number of aromatic nitrogens is 4. The van der Waals surface area contributed by atoms with Crippen molar-refractivity contribution < 1.29 is 18.3 Å². The molecular weight excluding hydrogens is 482 g/mol. The summed E-state index contributed by atoms with van der Waals surface area (Å²) in [7, 11) is 0. The predicted molar refractivity (Wildman–Crippen MR) is 124 cm³/mol. The van der Waals surface area contributed by atoms with Crippen LogP contribution in [0, 0.1) is 11.6 Å². The van der Waals surface area contributed by atoms with E-state index in [9.17, 15) is 23.2 Å². The van der Waals surface area contributed by atoms with Crippen LogP contribution in [0.2, 0.25) is 5.02 Å². The second-order valence-corrected chi connectivity index (χ2v) is 8.68.